The monoisotopic (exact) mass is 290 g/mol. The largest absolute Gasteiger partial charge is 0.496 e. The molecule has 0 saturated carbocycles. The summed E-state index contributed by atoms with van der Waals surface area (Å²) in [6.45, 7) is 5.94. The molecular weight excluding hydrogens is 264 g/mol. The van der Waals surface area contributed by atoms with E-state index in [2.05, 4.69) is 25.2 Å². The number of benzene rings is 1. The Labute approximate surface area is 127 Å². The highest BCUT2D eigenvalue weighted by Gasteiger charge is 2.32. The van der Waals surface area contributed by atoms with Crippen molar-refractivity contribution >= 4 is 5.91 Å². The third-order valence-corrected chi connectivity index (χ3v) is 4.45. The van der Waals surface area contributed by atoms with Crippen molar-refractivity contribution in [3.63, 3.8) is 0 Å². The molecule has 4 nitrogen and oxygen atoms in total. The summed E-state index contributed by atoms with van der Waals surface area (Å²) in [6, 6.07) is 8.08. The molecule has 4 heteroatoms. The molecule has 0 bridgehead atoms. The van der Waals surface area contributed by atoms with Crippen molar-refractivity contribution in [1.29, 1.82) is 0 Å². The number of methoxy groups -OCH3 is 1. The molecule has 1 heterocycles. The molecule has 0 spiro atoms. The van der Waals surface area contributed by atoms with Crippen molar-refractivity contribution in [2.24, 2.45) is 11.8 Å². The van der Waals surface area contributed by atoms with E-state index in [1.807, 2.05) is 30.1 Å². The topological polar surface area (TPSA) is 41.6 Å². The fourth-order valence-electron chi connectivity index (χ4n) is 2.95. The average molecular weight is 290 g/mol. The van der Waals surface area contributed by atoms with Crippen LogP contribution >= 0.6 is 0 Å². The fourth-order valence-corrected chi connectivity index (χ4v) is 2.95. The Balaban J connectivity index is 2.11. The Morgan fingerprint density at radius 2 is 2.10 bits per heavy atom. The average Bonchev–Trinajstić information content (AvgIpc) is 2.86. The zero-order valence-corrected chi connectivity index (χ0v) is 13.4. The molecule has 0 aliphatic carbocycles. The van der Waals surface area contributed by atoms with Crippen LogP contribution in [-0.2, 0) is 4.79 Å². The SMILES string of the molecule is CNC(CN1CC(C(C)C)CC1=O)c1ccccc1OC. The summed E-state index contributed by atoms with van der Waals surface area (Å²) in [5.41, 5.74) is 1.10. The minimum atomic E-state index is 0.0935. The number of likely N-dealkylation sites (tertiary alicyclic amines) is 1. The second kappa shape index (κ2) is 6.94. The number of carbonyl (C=O) groups is 1. The van der Waals surface area contributed by atoms with Gasteiger partial charge in [-0.2, -0.15) is 0 Å². The third kappa shape index (κ3) is 3.56. The Bertz CT molecular complexity index is 487. The van der Waals surface area contributed by atoms with Gasteiger partial charge in [0.25, 0.3) is 0 Å². The van der Waals surface area contributed by atoms with Gasteiger partial charge >= 0.3 is 0 Å². The molecule has 1 aliphatic heterocycles. The number of ether oxygens (including phenoxy) is 1. The van der Waals surface area contributed by atoms with Crippen LogP contribution in [0.5, 0.6) is 5.75 Å². The third-order valence-electron chi connectivity index (χ3n) is 4.45. The molecular formula is C17H26N2O2. The van der Waals surface area contributed by atoms with Crippen molar-refractivity contribution in [3.05, 3.63) is 29.8 Å². The molecule has 1 aromatic carbocycles. The number of carbonyl (C=O) groups excluding carboxylic acids is 1. The van der Waals surface area contributed by atoms with Crippen molar-refractivity contribution in [2.45, 2.75) is 26.3 Å². The summed E-state index contributed by atoms with van der Waals surface area (Å²) >= 11 is 0. The van der Waals surface area contributed by atoms with Gasteiger partial charge in [-0.25, -0.2) is 0 Å². The van der Waals surface area contributed by atoms with Crippen LogP contribution in [0.15, 0.2) is 24.3 Å². The minimum Gasteiger partial charge on any atom is -0.496 e. The van der Waals surface area contributed by atoms with Gasteiger partial charge in [-0.1, -0.05) is 32.0 Å². The smallest absolute Gasteiger partial charge is 0.222 e. The maximum absolute atomic E-state index is 12.2. The van der Waals surface area contributed by atoms with Crippen LogP contribution < -0.4 is 10.1 Å². The van der Waals surface area contributed by atoms with E-state index in [0.29, 0.717) is 24.8 Å². The molecule has 0 radical (unpaired) electrons. The predicted molar refractivity (Wildman–Crippen MR) is 84.3 cm³/mol. The molecule has 2 rings (SSSR count). The van der Waals surface area contributed by atoms with Gasteiger partial charge in [-0.3, -0.25) is 4.79 Å². The Morgan fingerprint density at radius 3 is 2.67 bits per heavy atom. The van der Waals surface area contributed by atoms with E-state index in [1.54, 1.807) is 7.11 Å². The van der Waals surface area contributed by atoms with Crippen LogP contribution in [0.3, 0.4) is 0 Å². The predicted octanol–water partition coefficient (Wildman–Crippen LogP) is 2.46. The molecule has 1 aromatic rings. The highest BCUT2D eigenvalue weighted by Crippen LogP contribution is 2.29. The highest BCUT2D eigenvalue weighted by atomic mass is 16.5. The number of nitrogens with one attached hydrogen (secondary N) is 1. The lowest BCUT2D eigenvalue weighted by Crippen LogP contribution is -2.35. The number of likely N-dealkylation sites (N-methyl/N-ethyl adjacent to an activating group) is 1. The van der Waals surface area contributed by atoms with Gasteiger partial charge in [0.05, 0.1) is 13.2 Å². The van der Waals surface area contributed by atoms with E-state index in [1.165, 1.54) is 0 Å². The molecule has 2 atom stereocenters. The summed E-state index contributed by atoms with van der Waals surface area (Å²) in [4.78, 5) is 14.2. The Kier molecular flexibility index (Phi) is 5.23. The van der Waals surface area contributed by atoms with Gasteiger partial charge in [0.15, 0.2) is 0 Å². The molecule has 1 fully saturated rings. The van der Waals surface area contributed by atoms with Crippen molar-refractivity contribution in [3.8, 4) is 5.75 Å². The molecule has 116 valence electrons. The first-order chi connectivity index (χ1) is 10.1. The molecule has 1 amide bonds. The van der Waals surface area contributed by atoms with E-state index < -0.39 is 0 Å². The van der Waals surface area contributed by atoms with E-state index in [9.17, 15) is 4.79 Å². The number of hydrogen-bond acceptors (Lipinski definition) is 3. The maximum Gasteiger partial charge on any atom is 0.222 e. The zero-order chi connectivity index (χ0) is 15.4. The number of nitrogens with zero attached hydrogens (tertiary/aromatic N) is 1. The van der Waals surface area contributed by atoms with Gasteiger partial charge in [0.1, 0.15) is 5.75 Å². The van der Waals surface area contributed by atoms with Crippen molar-refractivity contribution in [1.82, 2.24) is 10.2 Å². The summed E-state index contributed by atoms with van der Waals surface area (Å²) < 4.78 is 5.44. The van der Waals surface area contributed by atoms with Gasteiger partial charge in [-0.15, -0.1) is 0 Å². The number of amides is 1. The molecule has 21 heavy (non-hydrogen) atoms. The minimum absolute atomic E-state index is 0.0935. The van der Waals surface area contributed by atoms with Crippen molar-refractivity contribution in [2.75, 3.05) is 27.2 Å². The second-order valence-corrected chi connectivity index (χ2v) is 6.09. The van der Waals surface area contributed by atoms with Gasteiger partial charge in [0, 0.05) is 25.1 Å². The summed E-state index contributed by atoms with van der Waals surface area (Å²) in [7, 11) is 3.61. The maximum atomic E-state index is 12.2. The van der Waals surface area contributed by atoms with Crippen LogP contribution in [0.4, 0.5) is 0 Å². The van der Waals surface area contributed by atoms with Crippen LogP contribution in [0, 0.1) is 11.8 Å². The molecule has 0 aromatic heterocycles. The van der Waals surface area contributed by atoms with E-state index in [0.717, 1.165) is 17.9 Å². The Hall–Kier alpha value is -1.55. The first kappa shape index (κ1) is 15.8. The standard InChI is InChI=1S/C17H26N2O2/c1-12(2)13-9-17(20)19(10-13)11-15(18-3)14-7-5-6-8-16(14)21-4/h5-8,12-13,15,18H,9-11H2,1-4H3. The first-order valence-corrected chi connectivity index (χ1v) is 7.64. The Morgan fingerprint density at radius 1 is 1.38 bits per heavy atom. The molecule has 1 N–H and O–H groups in total. The quantitative estimate of drug-likeness (QED) is 0.875. The van der Waals surface area contributed by atoms with Crippen LogP contribution in [0.2, 0.25) is 0 Å². The highest BCUT2D eigenvalue weighted by molar-refractivity contribution is 5.78. The molecule has 1 aliphatic rings. The van der Waals surface area contributed by atoms with Gasteiger partial charge < -0.3 is 15.0 Å². The van der Waals surface area contributed by atoms with Crippen LogP contribution in [0.1, 0.15) is 31.9 Å². The molecule has 1 saturated heterocycles. The van der Waals surface area contributed by atoms with Gasteiger partial charge in [-0.05, 0) is 24.9 Å². The summed E-state index contributed by atoms with van der Waals surface area (Å²) in [5, 5.41) is 3.31. The van der Waals surface area contributed by atoms with Crippen LogP contribution in [-0.4, -0.2) is 38.1 Å². The number of para-hydroxylation sites is 1. The summed E-state index contributed by atoms with van der Waals surface area (Å²) in [6.07, 6.45) is 0.681. The lowest BCUT2D eigenvalue weighted by Gasteiger charge is -2.26. The lowest BCUT2D eigenvalue weighted by molar-refractivity contribution is -0.128. The van der Waals surface area contributed by atoms with Crippen LogP contribution in [0.25, 0.3) is 0 Å². The molecule has 2 unspecified atom stereocenters. The summed E-state index contributed by atoms with van der Waals surface area (Å²) in [5.74, 6) is 2.17. The van der Waals surface area contributed by atoms with Gasteiger partial charge in [0.2, 0.25) is 5.91 Å². The fraction of sp³-hybridized carbons (Fsp3) is 0.588. The first-order valence-electron chi connectivity index (χ1n) is 7.64. The zero-order valence-electron chi connectivity index (χ0n) is 13.4. The van der Waals surface area contributed by atoms with E-state index in [4.69, 9.17) is 4.74 Å². The van der Waals surface area contributed by atoms with E-state index >= 15 is 0 Å². The number of hydrogen-bond donors (Lipinski definition) is 1. The second-order valence-electron chi connectivity index (χ2n) is 6.09. The van der Waals surface area contributed by atoms with E-state index in [-0.39, 0.29) is 11.9 Å². The lowest BCUT2D eigenvalue weighted by atomic mass is 9.95. The number of rotatable bonds is 6. The van der Waals surface area contributed by atoms with Crippen molar-refractivity contribution < 1.29 is 9.53 Å². The normalized spacial score (nSPS) is 20.1.